The number of aromatic nitrogens is 4. The first-order chi connectivity index (χ1) is 12.9. The molecule has 0 aromatic carbocycles. The van der Waals surface area contributed by atoms with Crippen LogP contribution in [0, 0.1) is 13.8 Å². The van der Waals surface area contributed by atoms with Crippen LogP contribution in [0.4, 0.5) is 0 Å². The summed E-state index contributed by atoms with van der Waals surface area (Å²) in [4.78, 5) is 28.9. The monoisotopic (exact) mass is 372 g/mol. The molecule has 0 radical (unpaired) electrons. The van der Waals surface area contributed by atoms with Crippen molar-refractivity contribution in [3.05, 3.63) is 35.4 Å². The number of rotatable bonds is 5. The van der Waals surface area contributed by atoms with Crippen LogP contribution in [-0.2, 0) is 29.6 Å². The molecule has 2 aromatic rings. The van der Waals surface area contributed by atoms with E-state index < -0.39 is 0 Å². The van der Waals surface area contributed by atoms with Gasteiger partial charge in [-0.25, -0.2) is 0 Å². The molecule has 1 saturated heterocycles. The lowest BCUT2D eigenvalue weighted by Crippen LogP contribution is -2.39. The van der Waals surface area contributed by atoms with E-state index in [1.807, 2.05) is 42.8 Å². The van der Waals surface area contributed by atoms with Crippen LogP contribution >= 0.6 is 0 Å². The summed E-state index contributed by atoms with van der Waals surface area (Å²) in [7, 11) is 1.89. The Morgan fingerprint density at radius 3 is 2.37 bits per heavy atom. The highest BCUT2D eigenvalue weighted by Crippen LogP contribution is 2.10. The fraction of sp³-hybridized carbons (Fsp3) is 0.579. The van der Waals surface area contributed by atoms with Gasteiger partial charge in [0, 0.05) is 57.2 Å². The average Bonchev–Trinajstić information content (AvgIpc) is 3.06. The van der Waals surface area contributed by atoms with E-state index in [-0.39, 0.29) is 18.4 Å². The van der Waals surface area contributed by atoms with Crippen LogP contribution < -0.4 is 0 Å². The maximum Gasteiger partial charge on any atom is 0.244 e. The van der Waals surface area contributed by atoms with E-state index in [0.717, 1.165) is 23.5 Å². The Hall–Kier alpha value is -2.64. The minimum Gasteiger partial charge on any atom is -0.341 e. The molecule has 0 saturated carbocycles. The Labute approximate surface area is 159 Å². The quantitative estimate of drug-likeness (QED) is 0.782. The smallest absolute Gasteiger partial charge is 0.244 e. The molecule has 27 heavy (non-hydrogen) atoms. The minimum atomic E-state index is 0.0605. The lowest BCUT2D eigenvalue weighted by atomic mass is 10.2. The van der Waals surface area contributed by atoms with Crippen molar-refractivity contribution >= 4 is 11.8 Å². The van der Waals surface area contributed by atoms with Crippen LogP contribution in [0.5, 0.6) is 0 Å². The molecule has 3 heterocycles. The topological polar surface area (TPSA) is 76.3 Å². The van der Waals surface area contributed by atoms with Crippen molar-refractivity contribution in [2.45, 2.75) is 39.7 Å². The average molecular weight is 372 g/mol. The summed E-state index contributed by atoms with van der Waals surface area (Å²) in [5, 5.41) is 8.50. The van der Waals surface area contributed by atoms with Crippen LogP contribution in [0.25, 0.3) is 0 Å². The van der Waals surface area contributed by atoms with Crippen LogP contribution in [0.15, 0.2) is 18.3 Å². The molecule has 0 unspecified atom stereocenters. The lowest BCUT2D eigenvalue weighted by Gasteiger charge is -2.22. The van der Waals surface area contributed by atoms with E-state index in [2.05, 4.69) is 10.2 Å². The van der Waals surface area contributed by atoms with Gasteiger partial charge in [0.05, 0.1) is 5.69 Å². The number of amides is 2. The highest BCUT2D eigenvalue weighted by Gasteiger charge is 2.22. The second kappa shape index (κ2) is 8.37. The van der Waals surface area contributed by atoms with Gasteiger partial charge in [0.15, 0.2) is 0 Å². The van der Waals surface area contributed by atoms with Crippen molar-refractivity contribution in [3.8, 4) is 0 Å². The molecule has 3 rings (SSSR count). The summed E-state index contributed by atoms with van der Waals surface area (Å²) in [6.45, 7) is 6.70. The summed E-state index contributed by atoms with van der Waals surface area (Å²) >= 11 is 0. The molecule has 0 atom stereocenters. The van der Waals surface area contributed by atoms with E-state index in [1.54, 1.807) is 15.6 Å². The number of carbonyl (C=O) groups is 2. The second-order valence-corrected chi connectivity index (χ2v) is 7.15. The molecule has 1 aliphatic heterocycles. The van der Waals surface area contributed by atoms with Crippen molar-refractivity contribution in [3.63, 3.8) is 0 Å². The molecular weight excluding hydrogens is 344 g/mol. The number of hydrogen-bond donors (Lipinski definition) is 0. The normalized spacial score (nSPS) is 15.1. The van der Waals surface area contributed by atoms with Gasteiger partial charge in [0.2, 0.25) is 11.8 Å². The maximum atomic E-state index is 12.6. The van der Waals surface area contributed by atoms with Gasteiger partial charge in [-0.05, 0) is 38.8 Å². The van der Waals surface area contributed by atoms with Gasteiger partial charge in [0.1, 0.15) is 6.54 Å². The predicted octanol–water partition coefficient (Wildman–Crippen LogP) is 0.927. The number of hydrogen-bond acceptors (Lipinski definition) is 4. The molecule has 1 fully saturated rings. The zero-order valence-corrected chi connectivity index (χ0v) is 16.4. The Bertz CT molecular complexity index is 809. The lowest BCUT2D eigenvalue weighted by molar-refractivity contribution is -0.134. The molecule has 8 heteroatoms. The summed E-state index contributed by atoms with van der Waals surface area (Å²) in [5.74, 6) is 0.203. The molecule has 0 spiro atoms. The van der Waals surface area contributed by atoms with Crippen molar-refractivity contribution in [2.24, 2.45) is 7.05 Å². The first-order valence-corrected chi connectivity index (χ1v) is 9.47. The molecular formula is C19H28N6O2. The number of aryl methyl sites for hydroxylation is 4. The highest BCUT2D eigenvalue weighted by molar-refractivity contribution is 5.77. The van der Waals surface area contributed by atoms with Gasteiger partial charge in [-0.1, -0.05) is 0 Å². The van der Waals surface area contributed by atoms with E-state index >= 15 is 0 Å². The third-order valence-corrected chi connectivity index (χ3v) is 5.11. The fourth-order valence-corrected chi connectivity index (χ4v) is 3.52. The minimum absolute atomic E-state index is 0.0605. The second-order valence-electron chi connectivity index (χ2n) is 7.15. The van der Waals surface area contributed by atoms with Gasteiger partial charge in [-0.15, -0.1) is 0 Å². The summed E-state index contributed by atoms with van der Waals surface area (Å²) < 4.78 is 3.55. The Balaban J connectivity index is 1.50. The fourth-order valence-electron chi connectivity index (χ4n) is 3.52. The highest BCUT2D eigenvalue weighted by atomic mass is 16.2. The largest absolute Gasteiger partial charge is 0.341 e. The molecule has 0 bridgehead atoms. The van der Waals surface area contributed by atoms with Gasteiger partial charge in [-0.2, -0.15) is 10.2 Å². The summed E-state index contributed by atoms with van der Waals surface area (Å²) in [6, 6.07) is 3.91. The predicted molar refractivity (Wildman–Crippen MR) is 101 cm³/mol. The molecule has 0 aliphatic carbocycles. The molecule has 1 aliphatic rings. The van der Waals surface area contributed by atoms with E-state index in [1.165, 1.54) is 0 Å². The Morgan fingerprint density at radius 1 is 1.07 bits per heavy atom. The van der Waals surface area contributed by atoms with E-state index in [4.69, 9.17) is 0 Å². The molecule has 146 valence electrons. The first kappa shape index (κ1) is 19.1. The third-order valence-electron chi connectivity index (χ3n) is 5.11. The van der Waals surface area contributed by atoms with Gasteiger partial charge >= 0.3 is 0 Å². The Kier molecular flexibility index (Phi) is 5.93. The van der Waals surface area contributed by atoms with Crippen molar-refractivity contribution in [1.82, 2.24) is 29.4 Å². The summed E-state index contributed by atoms with van der Waals surface area (Å²) in [6.07, 6.45) is 3.71. The molecule has 2 aromatic heterocycles. The van der Waals surface area contributed by atoms with Gasteiger partial charge in [0.25, 0.3) is 0 Å². The maximum absolute atomic E-state index is 12.6. The summed E-state index contributed by atoms with van der Waals surface area (Å²) in [5.41, 5.74) is 2.96. The Morgan fingerprint density at radius 2 is 1.78 bits per heavy atom. The SMILES string of the molecule is Cc1cc(C)n(CC(=O)N2CCCN(C(=O)CCc3ccnn3C)CC2)n1. The van der Waals surface area contributed by atoms with Gasteiger partial charge < -0.3 is 9.80 Å². The molecule has 0 N–H and O–H groups in total. The van der Waals surface area contributed by atoms with Gasteiger partial charge in [-0.3, -0.25) is 19.0 Å². The van der Waals surface area contributed by atoms with E-state index in [0.29, 0.717) is 39.0 Å². The van der Waals surface area contributed by atoms with E-state index in [9.17, 15) is 9.59 Å². The first-order valence-electron chi connectivity index (χ1n) is 9.47. The van der Waals surface area contributed by atoms with Crippen molar-refractivity contribution in [1.29, 1.82) is 0 Å². The van der Waals surface area contributed by atoms with Crippen LogP contribution in [0.3, 0.4) is 0 Å². The zero-order valence-electron chi connectivity index (χ0n) is 16.4. The van der Waals surface area contributed by atoms with Crippen LogP contribution in [0.2, 0.25) is 0 Å². The van der Waals surface area contributed by atoms with Crippen molar-refractivity contribution < 1.29 is 9.59 Å². The van der Waals surface area contributed by atoms with Crippen LogP contribution in [0.1, 0.15) is 29.9 Å². The van der Waals surface area contributed by atoms with Crippen molar-refractivity contribution in [2.75, 3.05) is 26.2 Å². The van der Waals surface area contributed by atoms with Crippen LogP contribution in [-0.4, -0.2) is 67.4 Å². The molecule has 8 nitrogen and oxygen atoms in total. The number of carbonyl (C=O) groups excluding carboxylic acids is 2. The molecule has 2 amide bonds. The standard InChI is InChI=1S/C19H28N6O2/c1-15-13-16(2)25(21-15)14-19(27)24-10-4-9-23(11-12-24)18(26)6-5-17-7-8-20-22(17)3/h7-8,13H,4-6,9-12,14H2,1-3H3. The third kappa shape index (κ3) is 4.75. The zero-order chi connectivity index (χ0) is 19.4. The number of nitrogens with zero attached hydrogens (tertiary/aromatic N) is 6.